The highest BCUT2D eigenvalue weighted by Crippen LogP contribution is 2.32. The van der Waals surface area contributed by atoms with E-state index in [0.29, 0.717) is 44.2 Å². The Labute approximate surface area is 214 Å². The Morgan fingerprint density at radius 2 is 1.67 bits per heavy atom. The Balaban J connectivity index is 1.59. The third-order valence-corrected chi connectivity index (χ3v) is 8.55. The second-order valence-corrected chi connectivity index (χ2v) is 11.2. The minimum atomic E-state index is -3.69. The Hall–Kier alpha value is -2.62. The number of benzene rings is 2. The van der Waals surface area contributed by atoms with Gasteiger partial charge in [-0.15, -0.1) is 0 Å². The summed E-state index contributed by atoms with van der Waals surface area (Å²) in [6.45, 7) is 5.92. The van der Waals surface area contributed by atoms with Crippen LogP contribution in [0.5, 0.6) is 5.75 Å². The average Bonchev–Trinajstić information content (AvgIpc) is 3.19. The van der Waals surface area contributed by atoms with Crippen LogP contribution in [-0.2, 0) is 14.8 Å². The SMILES string of the molecule is CCCCOc1ccc(C(=O)Nc2cc(S(=O)(=O)N3CCOCC3)ccc2N2CCCCCC2)cc1. The fourth-order valence-corrected chi connectivity index (χ4v) is 5.97. The number of morpholine rings is 1. The van der Waals surface area contributed by atoms with Crippen LogP contribution in [0.1, 0.15) is 55.8 Å². The van der Waals surface area contributed by atoms with E-state index in [1.54, 1.807) is 36.4 Å². The Bertz CT molecular complexity index is 1110. The van der Waals surface area contributed by atoms with E-state index in [2.05, 4.69) is 17.1 Å². The summed E-state index contributed by atoms with van der Waals surface area (Å²) in [6, 6.07) is 12.1. The van der Waals surface area contributed by atoms with E-state index in [-0.39, 0.29) is 10.8 Å². The quantitative estimate of drug-likeness (QED) is 0.494. The lowest BCUT2D eigenvalue weighted by atomic mass is 10.1. The smallest absolute Gasteiger partial charge is 0.255 e. The van der Waals surface area contributed by atoms with Crippen LogP contribution in [0.2, 0.25) is 0 Å². The van der Waals surface area contributed by atoms with Crippen molar-refractivity contribution in [2.45, 2.75) is 50.3 Å². The summed E-state index contributed by atoms with van der Waals surface area (Å²) in [7, 11) is -3.69. The van der Waals surface area contributed by atoms with Gasteiger partial charge in [0.1, 0.15) is 5.75 Å². The molecular weight excluding hydrogens is 478 g/mol. The molecule has 4 rings (SSSR count). The van der Waals surface area contributed by atoms with E-state index in [1.165, 1.54) is 17.1 Å². The maximum absolute atomic E-state index is 13.3. The van der Waals surface area contributed by atoms with Gasteiger partial charge in [-0.05, 0) is 61.7 Å². The van der Waals surface area contributed by atoms with Crippen molar-refractivity contribution in [2.75, 3.05) is 56.2 Å². The first kappa shape index (κ1) is 26.4. The molecule has 2 saturated heterocycles. The molecule has 0 bridgehead atoms. The van der Waals surface area contributed by atoms with Gasteiger partial charge in [0, 0.05) is 31.7 Å². The highest BCUT2D eigenvalue weighted by Gasteiger charge is 2.28. The third-order valence-electron chi connectivity index (χ3n) is 6.65. The van der Waals surface area contributed by atoms with Crippen molar-refractivity contribution in [3.63, 3.8) is 0 Å². The predicted octanol–water partition coefficient (Wildman–Crippen LogP) is 4.52. The molecule has 196 valence electrons. The molecule has 36 heavy (non-hydrogen) atoms. The molecule has 1 amide bonds. The normalized spacial score (nSPS) is 17.4. The lowest BCUT2D eigenvalue weighted by Gasteiger charge is -2.28. The van der Waals surface area contributed by atoms with Crippen LogP contribution >= 0.6 is 0 Å². The summed E-state index contributed by atoms with van der Waals surface area (Å²) < 4.78 is 39.1. The van der Waals surface area contributed by atoms with E-state index >= 15 is 0 Å². The highest BCUT2D eigenvalue weighted by atomic mass is 32.2. The number of sulfonamides is 1. The van der Waals surface area contributed by atoms with E-state index in [1.807, 2.05) is 6.07 Å². The number of nitrogens with one attached hydrogen (secondary N) is 1. The highest BCUT2D eigenvalue weighted by molar-refractivity contribution is 7.89. The van der Waals surface area contributed by atoms with Gasteiger partial charge in [0.15, 0.2) is 0 Å². The van der Waals surface area contributed by atoms with E-state index in [9.17, 15) is 13.2 Å². The van der Waals surface area contributed by atoms with Crippen molar-refractivity contribution in [1.82, 2.24) is 4.31 Å². The molecule has 2 aromatic carbocycles. The van der Waals surface area contributed by atoms with Crippen molar-refractivity contribution < 1.29 is 22.7 Å². The first-order chi connectivity index (χ1) is 17.5. The topological polar surface area (TPSA) is 88.2 Å². The van der Waals surface area contributed by atoms with E-state index in [0.717, 1.165) is 50.2 Å². The van der Waals surface area contributed by atoms with Gasteiger partial charge in [-0.1, -0.05) is 26.2 Å². The number of nitrogens with zero attached hydrogens (tertiary/aromatic N) is 2. The van der Waals surface area contributed by atoms with Crippen LogP contribution in [0.15, 0.2) is 47.4 Å². The standard InChI is InChI=1S/C27H37N3O5S/c1-2-3-18-35-23-10-8-22(9-11-23)27(31)28-25-21-24(36(32,33)30-16-19-34-20-17-30)12-13-26(25)29-14-6-4-5-7-15-29/h8-13,21H,2-7,14-20H2,1H3,(H,28,31). The zero-order valence-electron chi connectivity index (χ0n) is 21.1. The molecule has 0 unspecified atom stereocenters. The number of carbonyl (C=O) groups is 1. The molecule has 0 saturated carbocycles. The summed E-state index contributed by atoms with van der Waals surface area (Å²) in [5, 5.41) is 3.00. The fraction of sp³-hybridized carbons (Fsp3) is 0.519. The number of unbranched alkanes of at least 4 members (excludes halogenated alkanes) is 1. The van der Waals surface area contributed by atoms with Crippen molar-refractivity contribution in [3.05, 3.63) is 48.0 Å². The summed E-state index contributed by atoms with van der Waals surface area (Å²) in [4.78, 5) is 15.6. The number of hydrogen-bond acceptors (Lipinski definition) is 6. The molecule has 0 spiro atoms. The zero-order chi connectivity index (χ0) is 25.4. The molecule has 1 N–H and O–H groups in total. The molecule has 2 heterocycles. The number of hydrogen-bond donors (Lipinski definition) is 1. The third kappa shape index (κ3) is 6.57. The van der Waals surface area contributed by atoms with Crippen LogP contribution in [-0.4, -0.2) is 64.6 Å². The number of anilines is 2. The Morgan fingerprint density at radius 1 is 0.972 bits per heavy atom. The number of rotatable bonds is 9. The molecule has 0 atom stereocenters. The zero-order valence-corrected chi connectivity index (χ0v) is 21.9. The molecule has 0 radical (unpaired) electrons. The second kappa shape index (κ2) is 12.6. The van der Waals surface area contributed by atoms with Gasteiger partial charge in [-0.25, -0.2) is 8.42 Å². The van der Waals surface area contributed by atoms with Crippen molar-refractivity contribution in [3.8, 4) is 5.75 Å². The van der Waals surface area contributed by atoms with Gasteiger partial charge in [-0.3, -0.25) is 4.79 Å². The van der Waals surface area contributed by atoms with Crippen LogP contribution in [0.4, 0.5) is 11.4 Å². The van der Waals surface area contributed by atoms with Gasteiger partial charge in [0.05, 0.1) is 36.1 Å². The maximum atomic E-state index is 13.3. The molecule has 2 aliphatic heterocycles. The van der Waals surface area contributed by atoms with Gasteiger partial charge in [-0.2, -0.15) is 4.31 Å². The molecule has 0 aliphatic carbocycles. The fourth-order valence-electron chi connectivity index (χ4n) is 4.53. The first-order valence-corrected chi connectivity index (χ1v) is 14.4. The average molecular weight is 516 g/mol. The van der Waals surface area contributed by atoms with Gasteiger partial charge >= 0.3 is 0 Å². The lowest BCUT2D eigenvalue weighted by molar-refractivity contribution is 0.0730. The first-order valence-electron chi connectivity index (χ1n) is 13.0. The predicted molar refractivity (Wildman–Crippen MR) is 141 cm³/mol. The van der Waals surface area contributed by atoms with Gasteiger partial charge in [0.25, 0.3) is 5.91 Å². The van der Waals surface area contributed by atoms with Gasteiger partial charge < -0.3 is 19.7 Å². The van der Waals surface area contributed by atoms with E-state index in [4.69, 9.17) is 9.47 Å². The summed E-state index contributed by atoms with van der Waals surface area (Å²) in [5.74, 6) is 0.441. The molecular formula is C27H37N3O5S. The summed E-state index contributed by atoms with van der Waals surface area (Å²) in [6.07, 6.45) is 6.52. The van der Waals surface area contributed by atoms with Crippen molar-refractivity contribution in [1.29, 1.82) is 0 Å². The molecule has 2 fully saturated rings. The Kier molecular flexibility index (Phi) is 9.23. The monoisotopic (exact) mass is 515 g/mol. The number of amides is 1. The van der Waals surface area contributed by atoms with Crippen molar-refractivity contribution >= 4 is 27.3 Å². The molecule has 2 aliphatic rings. The van der Waals surface area contributed by atoms with Crippen LogP contribution < -0.4 is 15.0 Å². The lowest BCUT2D eigenvalue weighted by Crippen LogP contribution is -2.40. The Morgan fingerprint density at radius 3 is 2.33 bits per heavy atom. The van der Waals surface area contributed by atoms with Crippen molar-refractivity contribution in [2.24, 2.45) is 0 Å². The minimum Gasteiger partial charge on any atom is -0.494 e. The van der Waals surface area contributed by atoms with Crippen LogP contribution in [0.25, 0.3) is 0 Å². The van der Waals surface area contributed by atoms with E-state index < -0.39 is 10.0 Å². The molecule has 2 aromatic rings. The largest absolute Gasteiger partial charge is 0.494 e. The van der Waals surface area contributed by atoms with Crippen LogP contribution in [0.3, 0.4) is 0 Å². The second-order valence-electron chi connectivity index (χ2n) is 9.28. The minimum absolute atomic E-state index is 0.179. The number of ether oxygens (including phenoxy) is 2. The maximum Gasteiger partial charge on any atom is 0.255 e. The van der Waals surface area contributed by atoms with Crippen LogP contribution in [0, 0.1) is 0 Å². The summed E-state index contributed by atoms with van der Waals surface area (Å²) >= 11 is 0. The molecule has 8 nitrogen and oxygen atoms in total. The number of carbonyl (C=O) groups excluding carboxylic acids is 1. The van der Waals surface area contributed by atoms with Gasteiger partial charge in [0.2, 0.25) is 10.0 Å². The molecule has 9 heteroatoms. The summed E-state index contributed by atoms with van der Waals surface area (Å²) in [5.41, 5.74) is 1.85. The molecule has 0 aromatic heterocycles.